The molecular formula is C16H17ClN4O3S. The van der Waals surface area contributed by atoms with Crippen molar-refractivity contribution in [2.24, 2.45) is 0 Å². The number of halogens is 1. The zero-order chi connectivity index (χ0) is 17.8. The van der Waals surface area contributed by atoms with Crippen LogP contribution in [0.5, 0.6) is 0 Å². The Bertz CT molecular complexity index is 756. The zero-order valence-corrected chi connectivity index (χ0v) is 15.1. The van der Waals surface area contributed by atoms with E-state index in [0.717, 1.165) is 17.3 Å². The molecule has 0 aliphatic carbocycles. The summed E-state index contributed by atoms with van der Waals surface area (Å²) in [7, 11) is 1.36. The second-order valence-electron chi connectivity index (χ2n) is 5.76. The predicted molar refractivity (Wildman–Crippen MR) is 93.4 cm³/mol. The van der Waals surface area contributed by atoms with Gasteiger partial charge in [0.05, 0.1) is 25.0 Å². The van der Waals surface area contributed by atoms with E-state index in [1.165, 1.54) is 13.3 Å². The Morgan fingerprint density at radius 1 is 1.44 bits per heavy atom. The summed E-state index contributed by atoms with van der Waals surface area (Å²) in [6.07, 6.45) is 1.90. The highest BCUT2D eigenvalue weighted by molar-refractivity contribution is 6.99. The van der Waals surface area contributed by atoms with Crippen molar-refractivity contribution < 1.29 is 14.3 Å². The predicted octanol–water partition coefficient (Wildman–Crippen LogP) is 1.74. The molecular weight excluding hydrogens is 364 g/mol. The molecule has 0 bridgehead atoms. The summed E-state index contributed by atoms with van der Waals surface area (Å²) in [6.45, 7) is 1.03. The average Bonchev–Trinajstić information content (AvgIpc) is 3.26. The first-order valence-electron chi connectivity index (χ1n) is 7.72. The Labute approximate surface area is 154 Å². The highest BCUT2D eigenvalue weighted by Crippen LogP contribution is 2.25. The van der Waals surface area contributed by atoms with Gasteiger partial charge < -0.3 is 10.1 Å². The third-order valence-electron chi connectivity index (χ3n) is 4.14. The minimum absolute atomic E-state index is 0.180. The molecule has 1 aromatic carbocycles. The number of amides is 1. The van der Waals surface area contributed by atoms with Crippen LogP contribution in [-0.4, -0.2) is 51.3 Å². The molecule has 25 heavy (non-hydrogen) atoms. The second-order valence-corrected chi connectivity index (χ2v) is 6.72. The van der Waals surface area contributed by atoms with Crippen LogP contribution in [0.3, 0.4) is 0 Å². The lowest BCUT2D eigenvalue weighted by atomic mass is 10.1. The number of carbonyl (C=O) groups is 2. The van der Waals surface area contributed by atoms with Gasteiger partial charge in [0.25, 0.3) is 5.91 Å². The highest BCUT2D eigenvalue weighted by Gasteiger charge is 2.38. The highest BCUT2D eigenvalue weighted by atomic mass is 35.5. The van der Waals surface area contributed by atoms with Crippen LogP contribution in [-0.2, 0) is 16.1 Å². The van der Waals surface area contributed by atoms with Crippen molar-refractivity contribution in [3.8, 4) is 0 Å². The minimum atomic E-state index is -0.430. The molecule has 1 N–H and O–H groups in total. The molecule has 1 aromatic heterocycles. The van der Waals surface area contributed by atoms with Gasteiger partial charge in [0, 0.05) is 24.2 Å². The first-order valence-corrected chi connectivity index (χ1v) is 8.83. The van der Waals surface area contributed by atoms with Crippen LogP contribution in [0.1, 0.15) is 22.5 Å². The lowest BCUT2D eigenvalue weighted by Crippen LogP contribution is -2.37. The van der Waals surface area contributed by atoms with E-state index in [1.807, 2.05) is 29.2 Å². The van der Waals surface area contributed by atoms with E-state index < -0.39 is 6.04 Å². The number of benzene rings is 1. The van der Waals surface area contributed by atoms with E-state index in [0.29, 0.717) is 24.5 Å². The smallest absolute Gasteiger partial charge is 0.323 e. The van der Waals surface area contributed by atoms with Crippen molar-refractivity contribution in [2.45, 2.75) is 25.0 Å². The number of hydrogen-bond acceptors (Lipinski definition) is 7. The second kappa shape index (κ2) is 7.90. The molecule has 2 heterocycles. The Hall–Kier alpha value is -2.03. The summed E-state index contributed by atoms with van der Waals surface area (Å²) in [6, 6.07) is 6.89. The number of esters is 1. The van der Waals surface area contributed by atoms with Gasteiger partial charge in [-0.2, -0.15) is 8.75 Å². The van der Waals surface area contributed by atoms with Gasteiger partial charge >= 0.3 is 5.97 Å². The molecule has 1 aliphatic rings. The molecule has 2 atom stereocenters. The Morgan fingerprint density at radius 2 is 2.24 bits per heavy atom. The van der Waals surface area contributed by atoms with Gasteiger partial charge in [-0.15, -0.1) is 0 Å². The van der Waals surface area contributed by atoms with Crippen LogP contribution in [0.15, 0.2) is 30.5 Å². The van der Waals surface area contributed by atoms with Crippen molar-refractivity contribution >= 4 is 35.2 Å². The van der Waals surface area contributed by atoms with Crippen molar-refractivity contribution in [3.63, 3.8) is 0 Å². The SMILES string of the molecule is COC(=O)[C@@H]1C[C@H](NC(=O)c2cnsn2)CN1Cc1ccccc1Cl. The van der Waals surface area contributed by atoms with Crippen molar-refractivity contribution in [1.29, 1.82) is 0 Å². The third-order valence-corrected chi connectivity index (χ3v) is 4.98. The molecule has 1 amide bonds. The average molecular weight is 381 g/mol. The van der Waals surface area contributed by atoms with Crippen molar-refractivity contribution in [1.82, 2.24) is 19.0 Å². The first-order chi connectivity index (χ1) is 12.1. The molecule has 0 radical (unpaired) electrons. The van der Waals surface area contributed by atoms with Gasteiger partial charge in [0.2, 0.25) is 0 Å². The molecule has 3 rings (SSSR count). The fourth-order valence-corrected chi connectivity index (χ4v) is 3.54. The van der Waals surface area contributed by atoms with Gasteiger partial charge in [-0.25, -0.2) is 0 Å². The largest absolute Gasteiger partial charge is 0.468 e. The van der Waals surface area contributed by atoms with Gasteiger partial charge in [-0.1, -0.05) is 29.8 Å². The van der Waals surface area contributed by atoms with Gasteiger partial charge in [-0.3, -0.25) is 14.5 Å². The fraction of sp³-hybridized carbons (Fsp3) is 0.375. The standard InChI is InChI=1S/C16H17ClN4O3S/c1-24-16(23)14-6-11(19-15(22)13-7-18-25-20-13)9-21(14)8-10-4-2-3-5-12(10)17/h2-5,7,11,14H,6,8-9H2,1H3,(H,19,22)/t11-,14-/m0/s1. The number of methoxy groups -OCH3 is 1. The number of nitrogens with one attached hydrogen (secondary N) is 1. The van der Waals surface area contributed by atoms with E-state index in [1.54, 1.807) is 0 Å². The summed E-state index contributed by atoms with van der Waals surface area (Å²) in [5.74, 6) is -0.610. The molecule has 9 heteroatoms. The molecule has 1 aliphatic heterocycles. The van der Waals surface area contributed by atoms with Crippen LogP contribution in [0.25, 0.3) is 0 Å². The lowest BCUT2D eigenvalue weighted by Gasteiger charge is -2.22. The van der Waals surface area contributed by atoms with Gasteiger partial charge in [-0.05, 0) is 18.1 Å². The molecule has 132 valence electrons. The monoisotopic (exact) mass is 380 g/mol. The van der Waals surface area contributed by atoms with Crippen LogP contribution in [0.4, 0.5) is 0 Å². The molecule has 2 aromatic rings. The Kier molecular flexibility index (Phi) is 5.62. The van der Waals surface area contributed by atoms with E-state index >= 15 is 0 Å². The maximum Gasteiger partial charge on any atom is 0.323 e. The molecule has 0 unspecified atom stereocenters. The third kappa shape index (κ3) is 4.15. The van der Waals surface area contributed by atoms with Crippen molar-refractivity contribution in [2.75, 3.05) is 13.7 Å². The summed E-state index contributed by atoms with van der Waals surface area (Å²) in [5.41, 5.74) is 1.21. The van der Waals surface area contributed by atoms with Crippen LogP contribution in [0.2, 0.25) is 5.02 Å². The number of aromatic nitrogens is 2. The van der Waals surface area contributed by atoms with Gasteiger partial charge in [0.1, 0.15) is 6.04 Å². The lowest BCUT2D eigenvalue weighted by molar-refractivity contribution is -0.146. The Balaban J connectivity index is 1.71. The molecule has 7 nitrogen and oxygen atoms in total. The topological polar surface area (TPSA) is 84.4 Å². The fourth-order valence-electron chi connectivity index (χ4n) is 2.93. The van der Waals surface area contributed by atoms with Crippen LogP contribution < -0.4 is 5.32 Å². The molecule has 1 fully saturated rings. The molecule has 0 spiro atoms. The number of rotatable bonds is 5. The van der Waals surface area contributed by atoms with Gasteiger partial charge in [0.15, 0.2) is 5.69 Å². The van der Waals surface area contributed by atoms with Crippen LogP contribution >= 0.6 is 23.3 Å². The Morgan fingerprint density at radius 3 is 2.92 bits per heavy atom. The minimum Gasteiger partial charge on any atom is -0.468 e. The summed E-state index contributed by atoms with van der Waals surface area (Å²) in [5, 5.41) is 3.55. The number of carbonyl (C=O) groups excluding carboxylic acids is 2. The quantitative estimate of drug-likeness (QED) is 0.795. The number of hydrogen-bond donors (Lipinski definition) is 1. The van der Waals surface area contributed by atoms with E-state index in [2.05, 4.69) is 14.1 Å². The van der Waals surface area contributed by atoms with E-state index in [-0.39, 0.29) is 23.6 Å². The van der Waals surface area contributed by atoms with Crippen LogP contribution in [0, 0.1) is 0 Å². The summed E-state index contributed by atoms with van der Waals surface area (Å²) >= 11 is 7.20. The van der Waals surface area contributed by atoms with E-state index in [4.69, 9.17) is 16.3 Å². The number of ether oxygens (including phenoxy) is 1. The number of likely N-dealkylation sites (tertiary alicyclic amines) is 1. The summed E-state index contributed by atoms with van der Waals surface area (Å²) < 4.78 is 12.7. The molecule has 0 saturated carbocycles. The number of nitrogens with zero attached hydrogens (tertiary/aromatic N) is 3. The molecule has 1 saturated heterocycles. The summed E-state index contributed by atoms with van der Waals surface area (Å²) in [4.78, 5) is 26.3. The van der Waals surface area contributed by atoms with E-state index in [9.17, 15) is 9.59 Å². The first kappa shape index (κ1) is 17.8. The maximum atomic E-state index is 12.2. The zero-order valence-electron chi connectivity index (χ0n) is 13.5. The van der Waals surface area contributed by atoms with Crippen molar-refractivity contribution in [3.05, 3.63) is 46.7 Å². The normalized spacial score (nSPS) is 20.4. The maximum absolute atomic E-state index is 12.2.